The Morgan fingerprint density at radius 1 is 1.19 bits per heavy atom. The van der Waals surface area contributed by atoms with Crippen molar-refractivity contribution in [1.29, 1.82) is 0 Å². The number of carbonyl (C=O) groups excluding carboxylic acids is 1. The lowest BCUT2D eigenvalue weighted by Gasteiger charge is -2.33. The molecule has 0 spiro atoms. The van der Waals surface area contributed by atoms with Gasteiger partial charge in [-0.15, -0.1) is 0 Å². The van der Waals surface area contributed by atoms with Gasteiger partial charge < -0.3 is 14.4 Å². The standard InChI is InChI=1S/C21H24N2O4/c24-20(23-16-9-5-4-8-15(16)12-17(23)21(25)26)11-10-19-22-13-18(27-19)14-6-2-1-3-7-14/h1-3,6-7,13,15-17H,4-5,8-12H2,(H,25,26)/t15-,16+,17-/m0/s1. The first kappa shape index (κ1) is 17.8. The molecular formula is C21H24N2O4. The number of aliphatic carboxylic acids is 1. The van der Waals surface area contributed by atoms with Crippen LogP contribution in [-0.4, -0.2) is 39.0 Å². The highest BCUT2D eigenvalue weighted by Gasteiger charge is 2.47. The molecule has 2 aliphatic rings. The van der Waals surface area contributed by atoms with Crippen LogP contribution in [0.1, 0.15) is 44.4 Å². The molecule has 4 rings (SSSR count). The van der Waals surface area contributed by atoms with Crippen LogP contribution in [-0.2, 0) is 16.0 Å². The van der Waals surface area contributed by atoms with E-state index in [1.807, 2.05) is 30.3 Å². The number of oxazole rings is 1. The molecule has 1 aliphatic heterocycles. The molecule has 27 heavy (non-hydrogen) atoms. The fraction of sp³-hybridized carbons (Fsp3) is 0.476. The normalized spacial score (nSPS) is 24.6. The summed E-state index contributed by atoms with van der Waals surface area (Å²) in [6.45, 7) is 0. The Balaban J connectivity index is 1.42. The number of hydrogen-bond donors (Lipinski definition) is 1. The highest BCUT2D eigenvalue weighted by Crippen LogP contribution is 2.40. The molecule has 1 aromatic heterocycles. The monoisotopic (exact) mass is 368 g/mol. The number of nitrogens with zero attached hydrogens (tertiary/aromatic N) is 2. The van der Waals surface area contributed by atoms with Crippen LogP contribution >= 0.6 is 0 Å². The van der Waals surface area contributed by atoms with Crippen molar-refractivity contribution in [3.63, 3.8) is 0 Å². The van der Waals surface area contributed by atoms with E-state index in [0.717, 1.165) is 31.2 Å². The molecule has 1 N–H and O–H groups in total. The van der Waals surface area contributed by atoms with E-state index in [1.165, 1.54) is 0 Å². The molecule has 1 aromatic carbocycles. The van der Waals surface area contributed by atoms with Crippen molar-refractivity contribution in [1.82, 2.24) is 9.88 Å². The summed E-state index contributed by atoms with van der Waals surface area (Å²) < 4.78 is 5.77. The van der Waals surface area contributed by atoms with Gasteiger partial charge in [-0.05, 0) is 25.2 Å². The minimum Gasteiger partial charge on any atom is -0.480 e. The third-order valence-corrected chi connectivity index (χ3v) is 5.83. The molecule has 2 heterocycles. The second-order valence-electron chi connectivity index (χ2n) is 7.49. The lowest BCUT2D eigenvalue weighted by molar-refractivity contribution is -0.149. The van der Waals surface area contributed by atoms with Crippen molar-refractivity contribution in [3.05, 3.63) is 42.4 Å². The second kappa shape index (κ2) is 7.55. The van der Waals surface area contributed by atoms with E-state index in [-0.39, 0.29) is 18.4 Å². The van der Waals surface area contributed by atoms with Gasteiger partial charge in [0, 0.05) is 24.4 Å². The first-order valence-corrected chi connectivity index (χ1v) is 9.67. The zero-order valence-electron chi connectivity index (χ0n) is 15.2. The van der Waals surface area contributed by atoms with Crippen molar-refractivity contribution in [2.75, 3.05) is 0 Å². The molecule has 0 bridgehead atoms. The number of rotatable bonds is 5. The van der Waals surface area contributed by atoms with Crippen LogP contribution in [0.2, 0.25) is 0 Å². The third-order valence-electron chi connectivity index (χ3n) is 5.83. The smallest absolute Gasteiger partial charge is 0.326 e. The van der Waals surface area contributed by atoms with Gasteiger partial charge in [0.15, 0.2) is 11.7 Å². The molecule has 6 nitrogen and oxygen atoms in total. The lowest BCUT2D eigenvalue weighted by Crippen LogP contribution is -2.46. The number of aromatic nitrogens is 1. The van der Waals surface area contributed by atoms with Crippen LogP contribution in [0.5, 0.6) is 0 Å². The van der Waals surface area contributed by atoms with Gasteiger partial charge in [0.1, 0.15) is 6.04 Å². The van der Waals surface area contributed by atoms with E-state index < -0.39 is 12.0 Å². The van der Waals surface area contributed by atoms with Gasteiger partial charge in [-0.25, -0.2) is 9.78 Å². The Labute approximate surface area is 158 Å². The van der Waals surface area contributed by atoms with Crippen LogP contribution < -0.4 is 0 Å². The Kier molecular flexibility index (Phi) is 4.97. The summed E-state index contributed by atoms with van der Waals surface area (Å²) in [4.78, 5) is 30.4. The number of carboxylic acid groups (broad SMARTS) is 1. The van der Waals surface area contributed by atoms with Crippen LogP contribution in [0.4, 0.5) is 0 Å². The van der Waals surface area contributed by atoms with Gasteiger partial charge in [-0.3, -0.25) is 4.79 Å². The van der Waals surface area contributed by atoms with Crippen molar-refractivity contribution in [2.45, 2.75) is 57.0 Å². The maximum absolute atomic E-state index is 12.9. The molecule has 0 unspecified atom stereocenters. The average molecular weight is 368 g/mol. The highest BCUT2D eigenvalue weighted by atomic mass is 16.4. The topological polar surface area (TPSA) is 83.6 Å². The van der Waals surface area contributed by atoms with E-state index in [9.17, 15) is 14.7 Å². The van der Waals surface area contributed by atoms with E-state index in [2.05, 4.69) is 4.98 Å². The summed E-state index contributed by atoms with van der Waals surface area (Å²) in [7, 11) is 0. The summed E-state index contributed by atoms with van der Waals surface area (Å²) in [6.07, 6.45) is 7.00. The quantitative estimate of drug-likeness (QED) is 0.873. The molecule has 142 valence electrons. The molecule has 3 atom stereocenters. The van der Waals surface area contributed by atoms with E-state index in [4.69, 9.17) is 4.42 Å². The Morgan fingerprint density at radius 3 is 2.74 bits per heavy atom. The molecule has 2 aromatic rings. The van der Waals surface area contributed by atoms with Crippen LogP contribution in [0.3, 0.4) is 0 Å². The minimum atomic E-state index is -0.889. The molecule has 1 amide bonds. The average Bonchev–Trinajstić information content (AvgIpc) is 3.32. The van der Waals surface area contributed by atoms with Gasteiger partial charge in [0.25, 0.3) is 0 Å². The number of amides is 1. The molecule has 1 saturated carbocycles. The zero-order valence-corrected chi connectivity index (χ0v) is 15.2. The number of fused-ring (bicyclic) bond motifs is 1. The number of carbonyl (C=O) groups is 2. The largest absolute Gasteiger partial charge is 0.480 e. The first-order valence-electron chi connectivity index (χ1n) is 9.67. The SMILES string of the molecule is O=C(O)[C@@H]1C[C@@H]2CCCC[C@H]2N1C(=O)CCc1ncc(-c2ccccc2)o1. The van der Waals surface area contributed by atoms with Crippen molar-refractivity contribution >= 4 is 11.9 Å². The Bertz CT molecular complexity index is 817. The minimum absolute atomic E-state index is 0.0804. The predicted octanol–water partition coefficient (Wildman–Crippen LogP) is 3.52. The first-order chi connectivity index (χ1) is 13.1. The van der Waals surface area contributed by atoms with E-state index >= 15 is 0 Å². The van der Waals surface area contributed by atoms with Crippen molar-refractivity contribution in [2.24, 2.45) is 5.92 Å². The molecule has 0 radical (unpaired) electrons. The fourth-order valence-corrected chi connectivity index (χ4v) is 4.54. The summed E-state index contributed by atoms with van der Waals surface area (Å²) in [6, 6.07) is 9.09. The lowest BCUT2D eigenvalue weighted by atomic mass is 9.84. The van der Waals surface area contributed by atoms with E-state index in [1.54, 1.807) is 11.1 Å². The summed E-state index contributed by atoms with van der Waals surface area (Å²) in [5.41, 5.74) is 0.943. The Morgan fingerprint density at radius 2 is 1.96 bits per heavy atom. The molecular weight excluding hydrogens is 344 g/mol. The number of hydrogen-bond acceptors (Lipinski definition) is 4. The number of aryl methyl sites for hydroxylation is 1. The Hall–Kier alpha value is -2.63. The van der Waals surface area contributed by atoms with Gasteiger partial charge in [-0.1, -0.05) is 43.2 Å². The number of benzene rings is 1. The highest BCUT2D eigenvalue weighted by molar-refractivity contribution is 5.85. The van der Waals surface area contributed by atoms with Gasteiger partial charge in [0.05, 0.1) is 6.20 Å². The van der Waals surface area contributed by atoms with Crippen molar-refractivity contribution in [3.8, 4) is 11.3 Å². The maximum atomic E-state index is 12.9. The van der Waals surface area contributed by atoms with Crippen molar-refractivity contribution < 1.29 is 19.1 Å². The maximum Gasteiger partial charge on any atom is 0.326 e. The molecule has 1 saturated heterocycles. The third kappa shape index (κ3) is 3.61. The fourth-order valence-electron chi connectivity index (χ4n) is 4.54. The second-order valence-corrected chi connectivity index (χ2v) is 7.49. The summed E-state index contributed by atoms with van der Waals surface area (Å²) in [5, 5.41) is 9.57. The van der Waals surface area contributed by atoms with Gasteiger partial charge >= 0.3 is 5.97 Å². The van der Waals surface area contributed by atoms with Crippen LogP contribution in [0.15, 0.2) is 40.9 Å². The zero-order chi connectivity index (χ0) is 18.8. The molecule has 2 fully saturated rings. The predicted molar refractivity (Wildman–Crippen MR) is 98.9 cm³/mol. The van der Waals surface area contributed by atoms with Crippen LogP contribution in [0, 0.1) is 5.92 Å². The summed E-state index contributed by atoms with van der Waals surface area (Å²) in [5.74, 6) is 0.523. The van der Waals surface area contributed by atoms with Gasteiger partial charge in [-0.2, -0.15) is 0 Å². The molecule has 1 aliphatic carbocycles. The number of carboxylic acids is 1. The molecule has 6 heteroatoms. The van der Waals surface area contributed by atoms with Gasteiger partial charge in [0.2, 0.25) is 5.91 Å². The summed E-state index contributed by atoms with van der Waals surface area (Å²) >= 11 is 0. The van der Waals surface area contributed by atoms with E-state index in [0.29, 0.717) is 30.4 Å². The van der Waals surface area contributed by atoms with Crippen LogP contribution in [0.25, 0.3) is 11.3 Å². The number of likely N-dealkylation sites (tertiary alicyclic amines) is 1.